The first-order valence-corrected chi connectivity index (χ1v) is 6.85. The Labute approximate surface area is 113 Å². The molecule has 0 bridgehead atoms. The number of amides is 2. The van der Waals surface area contributed by atoms with Crippen LogP contribution < -0.4 is 5.32 Å². The van der Waals surface area contributed by atoms with Crippen molar-refractivity contribution in [3.8, 4) is 0 Å². The molecule has 4 heteroatoms. The van der Waals surface area contributed by atoms with E-state index in [4.69, 9.17) is 0 Å². The largest absolute Gasteiger partial charge is 0.335 e. The van der Waals surface area contributed by atoms with Gasteiger partial charge in [-0.05, 0) is 18.4 Å². The summed E-state index contributed by atoms with van der Waals surface area (Å²) in [5.74, 6) is 0. The number of nitrogens with one attached hydrogen (secondary N) is 1. The summed E-state index contributed by atoms with van der Waals surface area (Å²) < 4.78 is 0. The quantitative estimate of drug-likeness (QED) is 0.838. The number of nitrogens with zero attached hydrogens (tertiary/aromatic N) is 2. The van der Waals surface area contributed by atoms with Crippen LogP contribution in [0, 0.1) is 0 Å². The summed E-state index contributed by atoms with van der Waals surface area (Å²) >= 11 is 0. The van der Waals surface area contributed by atoms with Gasteiger partial charge >= 0.3 is 6.03 Å². The first kappa shape index (κ1) is 12.2. The van der Waals surface area contributed by atoms with Crippen LogP contribution in [0.15, 0.2) is 42.0 Å². The normalized spacial score (nSPS) is 20.3. The Morgan fingerprint density at radius 2 is 2.00 bits per heavy atom. The van der Waals surface area contributed by atoms with Crippen molar-refractivity contribution >= 4 is 6.03 Å². The second-order valence-electron chi connectivity index (χ2n) is 5.06. The van der Waals surface area contributed by atoms with E-state index in [1.54, 1.807) is 0 Å². The Morgan fingerprint density at radius 1 is 1.16 bits per heavy atom. The standard InChI is InChI=1S/C15H19N3O/c19-15-16-8-10-18(15)17-9-4-7-14(12-17)11-13-5-2-1-3-6-13/h1-3,5-7H,4,8-12H2,(H,16,19). The third-order valence-electron chi connectivity index (χ3n) is 3.66. The van der Waals surface area contributed by atoms with E-state index in [0.717, 1.165) is 39.0 Å². The van der Waals surface area contributed by atoms with Crippen molar-refractivity contribution in [2.45, 2.75) is 12.8 Å². The van der Waals surface area contributed by atoms with Crippen LogP contribution in [0.1, 0.15) is 12.0 Å². The highest BCUT2D eigenvalue weighted by molar-refractivity contribution is 5.75. The van der Waals surface area contributed by atoms with Crippen LogP contribution >= 0.6 is 0 Å². The lowest BCUT2D eigenvalue weighted by molar-refractivity contribution is 0.0381. The van der Waals surface area contributed by atoms with Crippen LogP contribution in [0.3, 0.4) is 0 Å². The molecule has 0 saturated carbocycles. The predicted molar refractivity (Wildman–Crippen MR) is 74.5 cm³/mol. The number of hydrogen-bond donors (Lipinski definition) is 1. The molecule has 2 heterocycles. The molecule has 0 radical (unpaired) electrons. The van der Waals surface area contributed by atoms with Gasteiger partial charge in [-0.25, -0.2) is 9.80 Å². The van der Waals surface area contributed by atoms with E-state index in [1.807, 2.05) is 11.1 Å². The Balaban J connectivity index is 1.64. The molecule has 1 saturated heterocycles. The summed E-state index contributed by atoms with van der Waals surface area (Å²) in [7, 11) is 0. The molecule has 0 aromatic heterocycles. The lowest BCUT2D eigenvalue weighted by atomic mass is 10.0. The fraction of sp³-hybridized carbons (Fsp3) is 0.400. The number of carbonyl (C=O) groups excluding carboxylic acids is 1. The van der Waals surface area contributed by atoms with Crippen molar-refractivity contribution in [1.82, 2.24) is 15.3 Å². The average Bonchev–Trinajstić information content (AvgIpc) is 2.86. The van der Waals surface area contributed by atoms with Crippen LogP contribution in [-0.2, 0) is 6.42 Å². The maximum atomic E-state index is 11.7. The Bertz CT molecular complexity index is 483. The number of carbonyl (C=O) groups is 1. The van der Waals surface area contributed by atoms with E-state index in [2.05, 4.69) is 40.7 Å². The van der Waals surface area contributed by atoms with Gasteiger partial charge in [0.1, 0.15) is 0 Å². The molecule has 1 N–H and O–H groups in total. The van der Waals surface area contributed by atoms with Crippen LogP contribution in [0.4, 0.5) is 4.79 Å². The number of benzene rings is 1. The minimum absolute atomic E-state index is 0.0426. The molecule has 1 fully saturated rings. The van der Waals surface area contributed by atoms with Gasteiger partial charge in [-0.3, -0.25) is 5.01 Å². The molecule has 0 unspecified atom stereocenters. The van der Waals surface area contributed by atoms with Crippen molar-refractivity contribution in [1.29, 1.82) is 0 Å². The van der Waals surface area contributed by atoms with E-state index in [9.17, 15) is 4.79 Å². The zero-order valence-corrected chi connectivity index (χ0v) is 11.0. The van der Waals surface area contributed by atoms with Crippen molar-refractivity contribution < 1.29 is 4.79 Å². The molecular formula is C15H19N3O. The van der Waals surface area contributed by atoms with Crippen LogP contribution in [-0.4, -0.2) is 42.2 Å². The van der Waals surface area contributed by atoms with E-state index in [1.165, 1.54) is 11.1 Å². The summed E-state index contributed by atoms with van der Waals surface area (Å²) in [5, 5.41) is 6.87. The molecule has 2 aliphatic rings. The summed E-state index contributed by atoms with van der Waals surface area (Å²) in [6.45, 7) is 3.35. The molecular weight excluding hydrogens is 238 g/mol. The lowest BCUT2D eigenvalue weighted by Crippen LogP contribution is -2.47. The summed E-state index contributed by atoms with van der Waals surface area (Å²) in [6.07, 6.45) is 4.32. The van der Waals surface area contributed by atoms with Crippen LogP contribution in [0.25, 0.3) is 0 Å². The minimum atomic E-state index is 0.0426. The Hall–Kier alpha value is -1.81. The van der Waals surface area contributed by atoms with Gasteiger partial charge in [0, 0.05) is 19.6 Å². The topological polar surface area (TPSA) is 35.6 Å². The Kier molecular flexibility index (Phi) is 3.51. The van der Waals surface area contributed by atoms with Gasteiger partial charge in [0.05, 0.1) is 6.54 Å². The molecule has 1 aromatic rings. The lowest BCUT2D eigenvalue weighted by Gasteiger charge is -2.34. The zero-order chi connectivity index (χ0) is 13.1. The van der Waals surface area contributed by atoms with Gasteiger partial charge in [-0.15, -0.1) is 0 Å². The molecule has 0 aliphatic carbocycles. The molecule has 19 heavy (non-hydrogen) atoms. The van der Waals surface area contributed by atoms with Gasteiger partial charge in [0.25, 0.3) is 0 Å². The van der Waals surface area contributed by atoms with E-state index in [0.29, 0.717) is 0 Å². The number of hydrazine groups is 1. The zero-order valence-electron chi connectivity index (χ0n) is 11.0. The third-order valence-corrected chi connectivity index (χ3v) is 3.66. The summed E-state index contributed by atoms with van der Waals surface area (Å²) in [6, 6.07) is 10.5. The van der Waals surface area contributed by atoms with E-state index in [-0.39, 0.29) is 6.03 Å². The maximum absolute atomic E-state index is 11.7. The Morgan fingerprint density at radius 3 is 2.74 bits per heavy atom. The smallest absolute Gasteiger partial charge is 0.332 e. The summed E-state index contributed by atoms with van der Waals surface area (Å²) in [5.41, 5.74) is 2.73. The van der Waals surface area contributed by atoms with Gasteiger partial charge in [-0.2, -0.15) is 0 Å². The number of rotatable bonds is 3. The molecule has 0 atom stereocenters. The highest BCUT2D eigenvalue weighted by atomic mass is 16.2. The highest BCUT2D eigenvalue weighted by Crippen LogP contribution is 2.17. The molecule has 1 aromatic carbocycles. The molecule has 4 nitrogen and oxygen atoms in total. The first-order chi connectivity index (χ1) is 9.33. The number of urea groups is 1. The van der Waals surface area contributed by atoms with Gasteiger partial charge in [-0.1, -0.05) is 42.0 Å². The second-order valence-corrected chi connectivity index (χ2v) is 5.06. The average molecular weight is 257 g/mol. The number of hydrogen-bond acceptors (Lipinski definition) is 2. The second kappa shape index (κ2) is 5.45. The predicted octanol–water partition coefficient (Wildman–Crippen LogP) is 1.80. The van der Waals surface area contributed by atoms with Gasteiger partial charge in [0.15, 0.2) is 0 Å². The fourth-order valence-corrected chi connectivity index (χ4v) is 2.72. The van der Waals surface area contributed by atoms with Crippen molar-refractivity contribution in [2.24, 2.45) is 0 Å². The van der Waals surface area contributed by atoms with Crippen molar-refractivity contribution in [2.75, 3.05) is 26.2 Å². The highest BCUT2D eigenvalue weighted by Gasteiger charge is 2.27. The fourth-order valence-electron chi connectivity index (χ4n) is 2.72. The minimum Gasteiger partial charge on any atom is -0.335 e. The molecule has 100 valence electrons. The van der Waals surface area contributed by atoms with Crippen molar-refractivity contribution in [3.05, 3.63) is 47.5 Å². The van der Waals surface area contributed by atoms with E-state index < -0.39 is 0 Å². The molecule has 0 spiro atoms. The molecule has 3 rings (SSSR count). The summed E-state index contributed by atoms with van der Waals surface area (Å²) in [4.78, 5) is 11.7. The van der Waals surface area contributed by atoms with Crippen LogP contribution in [0.5, 0.6) is 0 Å². The SMILES string of the molecule is O=C1NCCN1N1CCC=C(Cc2ccccc2)C1. The third kappa shape index (κ3) is 2.79. The van der Waals surface area contributed by atoms with Crippen molar-refractivity contribution in [3.63, 3.8) is 0 Å². The van der Waals surface area contributed by atoms with Gasteiger partial charge < -0.3 is 5.32 Å². The monoisotopic (exact) mass is 257 g/mol. The van der Waals surface area contributed by atoms with E-state index >= 15 is 0 Å². The molecule has 2 amide bonds. The first-order valence-electron chi connectivity index (χ1n) is 6.85. The van der Waals surface area contributed by atoms with Crippen LogP contribution in [0.2, 0.25) is 0 Å². The molecule has 2 aliphatic heterocycles. The maximum Gasteiger partial charge on any atom is 0.332 e. The van der Waals surface area contributed by atoms with Gasteiger partial charge in [0.2, 0.25) is 0 Å².